The molecule has 3 rings (SSSR count). The minimum Gasteiger partial charge on any atom is -0.492 e. The van der Waals surface area contributed by atoms with Crippen LogP contribution < -0.4 is 10.1 Å². The van der Waals surface area contributed by atoms with Gasteiger partial charge in [-0.25, -0.2) is 10.1 Å². The number of aromatic carboxylic acids is 1. The molecule has 146 valence electrons. The molecule has 1 aromatic rings. The molecule has 2 aliphatic heterocycles. The van der Waals surface area contributed by atoms with Gasteiger partial charge in [0.25, 0.3) is 6.71 Å². The molecular formula is C21H25BN2O4. The minimum atomic E-state index is -1.01. The number of carbonyl (C=O) groups is 2. The number of ether oxygens (including phenoxy) is 1. The van der Waals surface area contributed by atoms with E-state index in [-0.39, 0.29) is 30.3 Å². The van der Waals surface area contributed by atoms with E-state index in [0.717, 1.165) is 37.3 Å². The molecule has 1 atom stereocenters. The molecule has 0 saturated carbocycles. The number of fused-ring (bicyclic) bond motifs is 2. The van der Waals surface area contributed by atoms with Gasteiger partial charge in [-0.3, -0.25) is 0 Å². The topological polar surface area (TPSA) is 99.4 Å². The van der Waals surface area contributed by atoms with Gasteiger partial charge in [-0.05, 0) is 31.7 Å². The molecular weight excluding hydrogens is 355 g/mol. The smallest absolute Gasteiger partial charge is 0.336 e. The fraction of sp³-hybridized carbons (Fsp3) is 0.476. The summed E-state index contributed by atoms with van der Waals surface area (Å²) >= 11 is 0. The highest BCUT2D eigenvalue weighted by molar-refractivity contribution is 6.67. The van der Waals surface area contributed by atoms with Gasteiger partial charge in [-0.1, -0.05) is 24.8 Å². The molecule has 0 radical (unpaired) electrons. The molecule has 1 unspecified atom stereocenters. The summed E-state index contributed by atoms with van der Waals surface area (Å²) in [6.07, 6.45) is 7.33. The van der Waals surface area contributed by atoms with Crippen molar-refractivity contribution in [3.8, 4) is 11.7 Å². The van der Waals surface area contributed by atoms with Crippen LogP contribution in [0.4, 0.5) is 0 Å². The van der Waals surface area contributed by atoms with Crippen LogP contribution in [0.1, 0.15) is 47.2 Å². The Balaban J connectivity index is 1.88. The highest BCUT2D eigenvalue weighted by Gasteiger charge is 2.45. The van der Waals surface area contributed by atoms with E-state index < -0.39 is 5.97 Å². The molecule has 0 amide bonds. The van der Waals surface area contributed by atoms with Gasteiger partial charge < -0.3 is 20.0 Å². The Bertz CT molecular complexity index is 809. The number of hydrogen-bond acceptors (Lipinski definition) is 5. The van der Waals surface area contributed by atoms with Crippen molar-refractivity contribution in [2.75, 3.05) is 6.61 Å². The molecule has 0 aliphatic carbocycles. The largest absolute Gasteiger partial charge is 0.492 e. The quantitative estimate of drug-likeness (QED) is 0.409. The summed E-state index contributed by atoms with van der Waals surface area (Å²) in [5.41, 5.74) is 1.69. The molecule has 2 heterocycles. The summed E-state index contributed by atoms with van der Waals surface area (Å²) < 4.78 is 6.04. The second-order valence-corrected chi connectivity index (χ2v) is 7.74. The predicted octanol–water partition coefficient (Wildman–Crippen LogP) is 2.99. The third kappa shape index (κ3) is 3.83. The molecule has 6 nitrogen and oxygen atoms in total. The molecule has 0 aromatic heterocycles. The maximum atomic E-state index is 11.8. The molecule has 1 saturated heterocycles. The highest BCUT2D eigenvalue weighted by atomic mass is 16.5. The molecule has 7 heteroatoms. The first kappa shape index (κ1) is 20.2. The van der Waals surface area contributed by atoms with Crippen LogP contribution in [0.5, 0.6) is 5.75 Å². The first-order valence-electron chi connectivity index (χ1n) is 9.76. The Labute approximate surface area is 165 Å². The summed E-state index contributed by atoms with van der Waals surface area (Å²) in [5, 5.41) is 22.0. The predicted molar refractivity (Wildman–Crippen MR) is 107 cm³/mol. The van der Waals surface area contributed by atoms with Crippen molar-refractivity contribution in [3.63, 3.8) is 0 Å². The molecule has 2 N–H and O–H groups in total. The van der Waals surface area contributed by atoms with Gasteiger partial charge >= 0.3 is 5.97 Å². The van der Waals surface area contributed by atoms with Gasteiger partial charge in [0.2, 0.25) is 0 Å². The van der Waals surface area contributed by atoms with Crippen molar-refractivity contribution in [2.45, 2.75) is 56.3 Å². The number of carboxylic acid groups (broad SMARTS) is 1. The number of nitrogens with zero attached hydrogens (tertiary/aromatic N) is 1. The molecule has 28 heavy (non-hydrogen) atoms. The van der Waals surface area contributed by atoms with Gasteiger partial charge in [-0.15, -0.1) is 6.58 Å². The number of carbonyl (C=O) groups excluding carboxylic acids is 1. The van der Waals surface area contributed by atoms with Gasteiger partial charge in [0.15, 0.2) is 0 Å². The lowest BCUT2D eigenvalue weighted by atomic mass is 9.39. The number of hydrogen-bond donors (Lipinski definition) is 2. The average molecular weight is 380 g/mol. The zero-order valence-electron chi connectivity index (χ0n) is 15.9. The van der Waals surface area contributed by atoms with Crippen LogP contribution in [0, 0.1) is 11.2 Å². The van der Waals surface area contributed by atoms with E-state index in [1.54, 1.807) is 12.1 Å². The van der Waals surface area contributed by atoms with Crippen LogP contribution in [-0.4, -0.2) is 36.7 Å². The monoisotopic (exact) mass is 380 g/mol. The van der Waals surface area contributed by atoms with Crippen molar-refractivity contribution in [1.82, 2.24) is 5.32 Å². The van der Waals surface area contributed by atoms with E-state index in [1.807, 2.05) is 6.07 Å². The van der Waals surface area contributed by atoms with E-state index in [4.69, 9.17) is 4.74 Å². The van der Waals surface area contributed by atoms with Crippen LogP contribution in [-0.2, 0) is 16.8 Å². The second-order valence-electron chi connectivity index (χ2n) is 7.74. The summed E-state index contributed by atoms with van der Waals surface area (Å²) in [7, 11) is 0. The van der Waals surface area contributed by atoms with Crippen LogP contribution >= 0.6 is 0 Å². The van der Waals surface area contributed by atoms with Crippen LogP contribution in [0.15, 0.2) is 24.8 Å². The third-order valence-corrected chi connectivity index (χ3v) is 6.07. The zero-order valence-corrected chi connectivity index (χ0v) is 15.9. The minimum absolute atomic E-state index is 0.0901. The number of rotatable bonds is 8. The van der Waals surface area contributed by atoms with Gasteiger partial charge in [-0.2, -0.15) is 0 Å². The Morgan fingerprint density at radius 1 is 1.46 bits per heavy atom. The maximum absolute atomic E-state index is 11.8. The van der Waals surface area contributed by atoms with Gasteiger partial charge in [0.05, 0.1) is 18.2 Å². The number of aldehydes is 1. The van der Waals surface area contributed by atoms with E-state index in [1.165, 1.54) is 0 Å². The van der Waals surface area contributed by atoms with Crippen molar-refractivity contribution < 1.29 is 19.4 Å². The average Bonchev–Trinajstić information content (AvgIpc) is 3.07. The lowest BCUT2D eigenvalue weighted by Crippen LogP contribution is -2.35. The second kappa shape index (κ2) is 8.62. The van der Waals surface area contributed by atoms with Crippen molar-refractivity contribution in [3.05, 3.63) is 41.5 Å². The Morgan fingerprint density at radius 2 is 2.21 bits per heavy atom. The molecule has 1 fully saturated rings. The summed E-state index contributed by atoms with van der Waals surface area (Å²) in [6.45, 7) is 4.53. The van der Waals surface area contributed by atoms with Gasteiger partial charge in [0, 0.05) is 29.1 Å². The zero-order chi connectivity index (χ0) is 20.1. The van der Waals surface area contributed by atoms with Crippen LogP contribution in [0.25, 0.3) is 0 Å². The molecule has 0 bridgehead atoms. The summed E-state index contributed by atoms with van der Waals surface area (Å²) in [5.74, 6) is 1.98. The number of nitriles is 1. The summed E-state index contributed by atoms with van der Waals surface area (Å²) in [4.78, 5) is 23.1. The first-order valence-corrected chi connectivity index (χ1v) is 9.76. The standard InChI is InChI=1S/C21H25BN2O4/c1-2-3-4-15(12-25)24-11-17-16(20(26)27)5-6-18-19(17)28-13-21(18)7-9-22(14-23)10-8-21/h2,5-6,12,15,24H,1,3-4,7-11,13H2,(H,26,27). The Kier molecular flexibility index (Phi) is 6.20. The summed E-state index contributed by atoms with van der Waals surface area (Å²) in [6, 6.07) is 3.15. The maximum Gasteiger partial charge on any atom is 0.336 e. The van der Waals surface area contributed by atoms with E-state index in [0.29, 0.717) is 30.8 Å². The molecule has 1 aromatic carbocycles. The van der Waals surface area contributed by atoms with Crippen LogP contribution in [0.3, 0.4) is 0 Å². The van der Waals surface area contributed by atoms with E-state index >= 15 is 0 Å². The van der Waals surface area contributed by atoms with E-state index in [9.17, 15) is 20.0 Å². The number of benzene rings is 1. The lowest BCUT2D eigenvalue weighted by Gasteiger charge is -2.33. The lowest BCUT2D eigenvalue weighted by molar-refractivity contribution is -0.109. The van der Waals surface area contributed by atoms with Crippen molar-refractivity contribution in [1.29, 1.82) is 5.26 Å². The molecule has 2 aliphatic rings. The Morgan fingerprint density at radius 3 is 2.82 bits per heavy atom. The SMILES string of the molecule is C=CCCC(C=O)NCc1c(C(=O)O)ccc2c1OCC21CCB(C#N)CC1. The normalized spacial score (nSPS) is 18.0. The van der Waals surface area contributed by atoms with Crippen molar-refractivity contribution >= 4 is 19.0 Å². The first-order chi connectivity index (χ1) is 13.5. The third-order valence-electron chi connectivity index (χ3n) is 6.07. The number of nitrogens with one attached hydrogen (secondary N) is 1. The van der Waals surface area contributed by atoms with E-state index in [2.05, 4.69) is 17.9 Å². The Hall–Kier alpha value is -2.59. The van der Waals surface area contributed by atoms with Crippen molar-refractivity contribution in [2.24, 2.45) is 0 Å². The number of carboxylic acids is 1. The fourth-order valence-electron chi connectivity index (χ4n) is 4.34. The highest BCUT2D eigenvalue weighted by Crippen LogP contribution is 2.50. The molecule has 1 spiro atoms. The van der Waals surface area contributed by atoms with Gasteiger partial charge in [0.1, 0.15) is 12.0 Å². The number of allylic oxidation sites excluding steroid dienone is 1. The van der Waals surface area contributed by atoms with Crippen LogP contribution in [0.2, 0.25) is 12.6 Å². The fourth-order valence-corrected chi connectivity index (χ4v) is 4.34.